The van der Waals surface area contributed by atoms with Gasteiger partial charge >= 0.3 is 0 Å². The summed E-state index contributed by atoms with van der Waals surface area (Å²) in [5.41, 5.74) is 7.46. The maximum absolute atomic E-state index is 5.74. The molecule has 0 aromatic carbocycles. The molecule has 0 bridgehead atoms. The Morgan fingerprint density at radius 1 is 1.53 bits per heavy atom. The molecule has 0 saturated carbocycles. The van der Waals surface area contributed by atoms with Crippen LogP contribution in [-0.4, -0.2) is 41.1 Å². The summed E-state index contributed by atoms with van der Waals surface area (Å²) in [7, 11) is 0. The third-order valence-corrected chi connectivity index (χ3v) is 3.02. The lowest BCUT2D eigenvalue weighted by Crippen LogP contribution is -2.38. The van der Waals surface area contributed by atoms with Crippen LogP contribution in [0.5, 0.6) is 0 Å². The lowest BCUT2D eigenvalue weighted by atomic mass is 10.2. The summed E-state index contributed by atoms with van der Waals surface area (Å²) < 4.78 is 5.74. The molecule has 5 nitrogen and oxygen atoms in total. The van der Waals surface area contributed by atoms with Crippen LogP contribution in [0.25, 0.3) is 0 Å². The monoisotopic (exact) mass is 236 g/mol. The zero-order chi connectivity index (χ0) is 12.3. The molecule has 0 spiro atoms. The number of hydrogen-bond donors (Lipinski definition) is 1. The van der Waals surface area contributed by atoms with E-state index in [9.17, 15) is 0 Å². The van der Waals surface area contributed by atoms with Gasteiger partial charge in [0.2, 0.25) is 0 Å². The fourth-order valence-corrected chi connectivity index (χ4v) is 2.05. The van der Waals surface area contributed by atoms with Gasteiger partial charge in [0, 0.05) is 25.3 Å². The SMILES string of the molecule is CCN1CCOC(c2nc(C)cc(CN)n2)C1. The number of rotatable bonds is 3. The van der Waals surface area contributed by atoms with Gasteiger partial charge in [0.15, 0.2) is 5.82 Å². The van der Waals surface area contributed by atoms with Gasteiger partial charge in [-0.15, -0.1) is 0 Å². The molecule has 1 saturated heterocycles. The summed E-state index contributed by atoms with van der Waals surface area (Å²) in [6.45, 7) is 8.20. The molecule has 94 valence electrons. The molecular formula is C12H20N4O. The Morgan fingerprint density at radius 2 is 2.35 bits per heavy atom. The minimum atomic E-state index is -0.0195. The molecule has 5 heteroatoms. The van der Waals surface area contributed by atoms with E-state index in [4.69, 9.17) is 10.5 Å². The fourth-order valence-electron chi connectivity index (χ4n) is 2.05. The van der Waals surface area contributed by atoms with Crippen LogP contribution >= 0.6 is 0 Å². The molecule has 0 radical (unpaired) electrons. The third kappa shape index (κ3) is 3.00. The Labute approximate surface area is 102 Å². The maximum atomic E-state index is 5.74. The van der Waals surface area contributed by atoms with E-state index < -0.39 is 0 Å². The van der Waals surface area contributed by atoms with Gasteiger partial charge in [-0.3, -0.25) is 4.90 Å². The first-order valence-corrected chi connectivity index (χ1v) is 6.11. The number of morpholine rings is 1. The van der Waals surface area contributed by atoms with E-state index in [2.05, 4.69) is 21.8 Å². The van der Waals surface area contributed by atoms with E-state index in [1.165, 1.54) is 0 Å². The minimum Gasteiger partial charge on any atom is -0.368 e. The van der Waals surface area contributed by atoms with Crippen LogP contribution in [-0.2, 0) is 11.3 Å². The quantitative estimate of drug-likeness (QED) is 0.834. The molecule has 0 aliphatic carbocycles. The van der Waals surface area contributed by atoms with Crippen LogP contribution in [0.3, 0.4) is 0 Å². The second-order valence-electron chi connectivity index (χ2n) is 4.32. The zero-order valence-corrected chi connectivity index (χ0v) is 10.5. The second kappa shape index (κ2) is 5.53. The van der Waals surface area contributed by atoms with Crippen molar-refractivity contribution in [2.45, 2.75) is 26.5 Å². The Kier molecular flexibility index (Phi) is 4.04. The average Bonchev–Trinajstić information content (AvgIpc) is 2.38. The Hall–Kier alpha value is -1.04. The minimum absolute atomic E-state index is 0.0195. The van der Waals surface area contributed by atoms with Crippen LogP contribution in [0.4, 0.5) is 0 Å². The van der Waals surface area contributed by atoms with Crippen molar-refractivity contribution in [2.75, 3.05) is 26.2 Å². The highest BCUT2D eigenvalue weighted by Crippen LogP contribution is 2.19. The Bertz CT molecular complexity index is 383. The molecule has 1 aliphatic rings. The number of aryl methyl sites for hydroxylation is 1. The fraction of sp³-hybridized carbons (Fsp3) is 0.667. The highest BCUT2D eigenvalue weighted by molar-refractivity contribution is 5.11. The van der Waals surface area contributed by atoms with Crippen molar-refractivity contribution >= 4 is 0 Å². The molecule has 2 heterocycles. The predicted octanol–water partition coefficient (Wildman–Crippen LogP) is 0.637. The van der Waals surface area contributed by atoms with Crippen molar-refractivity contribution in [3.8, 4) is 0 Å². The number of hydrogen-bond acceptors (Lipinski definition) is 5. The van der Waals surface area contributed by atoms with Crippen LogP contribution < -0.4 is 5.73 Å². The standard InChI is InChI=1S/C12H20N4O/c1-3-16-4-5-17-11(8-16)12-14-9(2)6-10(7-13)15-12/h6,11H,3-5,7-8,13H2,1-2H3. The van der Waals surface area contributed by atoms with Crippen LogP contribution in [0.2, 0.25) is 0 Å². The van der Waals surface area contributed by atoms with Gasteiger partial charge in [-0.25, -0.2) is 9.97 Å². The van der Waals surface area contributed by atoms with E-state index in [1.807, 2.05) is 13.0 Å². The summed E-state index contributed by atoms with van der Waals surface area (Å²) in [6.07, 6.45) is -0.0195. The van der Waals surface area contributed by atoms with Crippen molar-refractivity contribution in [3.05, 3.63) is 23.3 Å². The van der Waals surface area contributed by atoms with Crippen molar-refractivity contribution in [3.63, 3.8) is 0 Å². The third-order valence-electron chi connectivity index (χ3n) is 3.02. The van der Waals surface area contributed by atoms with Crippen LogP contribution in [0.15, 0.2) is 6.07 Å². The summed E-state index contributed by atoms with van der Waals surface area (Å²) >= 11 is 0. The lowest BCUT2D eigenvalue weighted by Gasteiger charge is -2.31. The van der Waals surface area contributed by atoms with Crippen LogP contribution in [0.1, 0.15) is 30.2 Å². The summed E-state index contributed by atoms with van der Waals surface area (Å²) in [5.74, 6) is 0.767. The van der Waals surface area contributed by atoms with Gasteiger partial charge in [-0.2, -0.15) is 0 Å². The van der Waals surface area contributed by atoms with Gasteiger partial charge in [-0.05, 0) is 19.5 Å². The smallest absolute Gasteiger partial charge is 0.158 e. The average molecular weight is 236 g/mol. The molecule has 1 fully saturated rings. The van der Waals surface area contributed by atoms with Crippen molar-refractivity contribution in [1.29, 1.82) is 0 Å². The van der Waals surface area contributed by atoms with Crippen molar-refractivity contribution in [1.82, 2.24) is 14.9 Å². The number of nitrogens with two attached hydrogens (primary N) is 1. The topological polar surface area (TPSA) is 64.3 Å². The number of likely N-dealkylation sites (N-methyl/N-ethyl adjacent to an activating group) is 1. The molecule has 1 aromatic rings. The first kappa shape index (κ1) is 12.4. The molecule has 1 atom stereocenters. The summed E-state index contributed by atoms with van der Waals surface area (Å²) in [4.78, 5) is 11.3. The van der Waals surface area contributed by atoms with E-state index >= 15 is 0 Å². The van der Waals surface area contributed by atoms with Crippen molar-refractivity contribution < 1.29 is 4.74 Å². The molecule has 1 aliphatic heterocycles. The Balaban J connectivity index is 2.18. The van der Waals surface area contributed by atoms with E-state index in [0.717, 1.165) is 43.5 Å². The van der Waals surface area contributed by atoms with E-state index in [-0.39, 0.29) is 6.10 Å². The molecule has 2 rings (SSSR count). The molecule has 1 unspecified atom stereocenters. The van der Waals surface area contributed by atoms with E-state index in [0.29, 0.717) is 6.54 Å². The van der Waals surface area contributed by atoms with Crippen LogP contribution in [0, 0.1) is 6.92 Å². The second-order valence-corrected chi connectivity index (χ2v) is 4.32. The predicted molar refractivity (Wildman–Crippen MR) is 65.5 cm³/mol. The highest BCUT2D eigenvalue weighted by atomic mass is 16.5. The summed E-state index contributed by atoms with van der Waals surface area (Å²) in [5, 5.41) is 0. The van der Waals surface area contributed by atoms with Gasteiger partial charge in [0.05, 0.1) is 12.3 Å². The number of ether oxygens (including phenoxy) is 1. The zero-order valence-electron chi connectivity index (χ0n) is 10.5. The van der Waals surface area contributed by atoms with Crippen molar-refractivity contribution in [2.24, 2.45) is 5.73 Å². The molecular weight excluding hydrogens is 216 g/mol. The van der Waals surface area contributed by atoms with Gasteiger partial charge in [0.1, 0.15) is 6.10 Å². The highest BCUT2D eigenvalue weighted by Gasteiger charge is 2.23. The largest absolute Gasteiger partial charge is 0.368 e. The Morgan fingerprint density at radius 3 is 3.06 bits per heavy atom. The van der Waals surface area contributed by atoms with Gasteiger partial charge in [0.25, 0.3) is 0 Å². The normalized spacial score (nSPS) is 21.7. The molecule has 0 amide bonds. The maximum Gasteiger partial charge on any atom is 0.158 e. The number of aromatic nitrogens is 2. The first-order valence-electron chi connectivity index (χ1n) is 6.11. The van der Waals surface area contributed by atoms with Gasteiger partial charge in [-0.1, -0.05) is 6.92 Å². The van der Waals surface area contributed by atoms with E-state index in [1.54, 1.807) is 0 Å². The lowest BCUT2D eigenvalue weighted by molar-refractivity contribution is -0.0327. The molecule has 2 N–H and O–H groups in total. The number of nitrogens with zero attached hydrogens (tertiary/aromatic N) is 3. The summed E-state index contributed by atoms with van der Waals surface area (Å²) in [6, 6.07) is 1.92. The molecule has 17 heavy (non-hydrogen) atoms. The first-order chi connectivity index (χ1) is 8.22. The van der Waals surface area contributed by atoms with Gasteiger partial charge < -0.3 is 10.5 Å². The molecule has 1 aromatic heterocycles.